The predicted octanol–water partition coefficient (Wildman–Crippen LogP) is 6.47. The number of ether oxygens (including phenoxy) is 1. The van der Waals surface area contributed by atoms with Crippen molar-refractivity contribution in [3.63, 3.8) is 0 Å². The van der Waals surface area contributed by atoms with Gasteiger partial charge in [-0.25, -0.2) is 9.97 Å². The molecule has 0 saturated heterocycles. The van der Waals surface area contributed by atoms with Crippen molar-refractivity contribution in [2.24, 2.45) is 0 Å². The van der Waals surface area contributed by atoms with Crippen LogP contribution >= 0.6 is 0 Å². The molecule has 4 aromatic rings. The number of H-pyrrole nitrogens is 2. The molecule has 0 spiro atoms. The zero-order valence-corrected chi connectivity index (χ0v) is 18.2. The van der Waals surface area contributed by atoms with Crippen LogP contribution in [0.2, 0.25) is 0 Å². The van der Waals surface area contributed by atoms with Crippen molar-refractivity contribution in [3.8, 4) is 5.75 Å². The van der Waals surface area contributed by atoms with Crippen molar-refractivity contribution in [2.45, 2.75) is 6.92 Å². The van der Waals surface area contributed by atoms with Crippen LogP contribution in [0.3, 0.4) is 0 Å². The summed E-state index contributed by atoms with van der Waals surface area (Å²) in [5, 5.41) is 0. The topological polar surface area (TPSA) is 66.6 Å². The van der Waals surface area contributed by atoms with Gasteiger partial charge in [-0.1, -0.05) is 12.1 Å². The summed E-state index contributed by atoms with van der Waals surface area (Å²) >= 11 is 0. The molecule has 0 radical (unpaired) electrons. The molecule has 0 amide bonds. The lowest BCUT2D eigenvalue weighted by molar-refractivity contribution is 0.340. The average Bonchev–Trinajstić information content (AvgIpc) is 3.60. The van der Waals surface area contributed by atoms with Crippen molar-refractivity contribution >= 4 is 45.9 Å². The van der Waals surface area contributed by atoms with E-state index in [1.807, 2.05) is 43.3 Å². The van der Waals surface area contributed by atoms with Crippen LogP contribution in [-0.2, 0) is 0 Å². The number of fused-ring (bicyclic) bond motifs is 8. The Balaban J connectivity index is 1.57. The van der Waals surface area contributed by atoms with E-state index in [1.54, 1.807) is 0 Å². The summed E-state index contributed by atoms with van der Waals surface area (Å²) in [4.78, 5) is 16.5. The third-order valence-corrected chi connectivity index (χ3v) is 5.64. The number of nitrogens with zero attached hydrogens (tertiary/aromatic N) is 2. The molecule has 1 aromatic carbocycles. The van der Waals surface area contributed by atoms with Gasteiger partial charge >= 0.3 is 0 Å². The fraction of sp³-hybridized carbons (Fsp3) is 0.0714. The highest BCUT2D eigenvalue weighted by Gasteiger charge is 2.13. The van der Waals surface area contributed by atoms with Gasteiger partial charge in [0.1, 0.15) is 5.75 Å². The predicted molar refractivity (Wildman–Crippen MR) is 135 cm³/mol. The summed E-state index contributed by atoms with van der Waals surface area (Å²) in [6, 6.07) is 24.7. The number of benzene rings is 1. The van der Waals surface area contributed by atoms with E-state index in [0.29, 0.717) is 6.61 Å². The first-order valence-corrected chi connectivity index (χ1v) is 11.0. The van der Waals surface area contributed by atoms with Gasteiger partial charge < -0.3 is 14.7 Å². The van der Waals surface area contributed by atoms with Gasteiger partial charge in [0.15, 0.2) is 0 Å². The van der Waals surface area contributed by atoms with Gasteiger partial charge in [-0.2, -0.15) is 0 Å². The molecule has 2 aliphatic heterocycles. The summed E-state index contributed by atoms with van der Waals surface area (Å²) in [6.07, 6.45) is 6.18. The van der Waals surface area contributed by atoms with E-state index in [0.717, 1.165) is 61.7 Å². The van der Waals surface area contributed by atoms with Gasteiger partial charge in [0.25, 0.3) is 0 Å². The molecule has 0 atom stereocenters. The lowest BCUT2D eigenvalue weighted by Gasteiger charge is -2.05. The van der Waals surface area contributed by atoms with Crippen LogP contribution in [0.5, 0.6) is 5.75 Å². The Morgan fingerprint density at radius 3 is 1.85 bits per heavy atom. The standard InChI is InChI=1S/C28H22N4O/c1-2-33-26-11-3-18(4-12-26)27-16-25-15-23-8-7-21(30-23)13-19-5-6-20(29-19)14-22-9-10-24(31-22)17-28(27)32-25/h3-17,30-31H,2H2,1H3. The number of aromatic nitrogens is 4. The second-order valence-electron chi connectivity index (χ2n) is 8.05. The Morgan fingerprint density at radius 1 is 0.667 bits per heavy atom. The molecule has 0 unspecified atom stereocenters. The largest absolute Gasteiger partial charge is 0.494 e. The zero-order chi connectivity index (χ0) is 22.2. The van der Waals surface area contributed by atoms with Crippen molar-refractivity contribution in [1.82, 2.24) is 19.9 Å². The molecule has 6 rings (SSSR count). The maximum atomic E-state index is 5.61. The second kappa shape index (κ2) is 7.95. The number of hydrogen-bond donors (Lipinski definition) is 2. The van der Waals surface area contributed by atoms with Crippen LogP contribution in [0.15, 0.2) is 72.8 Å². The normalized spacial score (nSPS) is 12.6. The molecule has 3 aromatic heterocycles. The molecular formula is C28H22N4O. The quantitative estimate of drug-likeness (QED) is 0.338. The fourth-order valence-electron chi connectivity index (χ4n) is 4.14. The molecule has 0 saturated carbocycles. The maximum absolute atomic E-state index is 5.61. The van der Waals surface area contributed by atoms with Crippen LogP contribution in [0.25, 0.3) is 45.9 Å². The van der Waals surface area contributed by atoms with E-state index in [2.05, 4.69) is 64.6 Å². The van der Waals surface area contributed by atoms with Gasteiger partial charge in [0, 0.05) is 27.6 Å². The van der Waals surface area contributed by atoms with Gasteiger partial charge in [0.2, 0.25) is 0 Å². The SMILES string of the molecule is CCOc1ccc(C2=Cc3cc4ccc(cc5nc(cc6ccc(cc2n3)[nH]6)C=C5)[nH]4)cc1. The molecule has 8 bridgehead atoms. The van der Waals surface area contributed by atoms with Crippen LogP contribution in [0.4, 0.5) is 0 Å². The van der Waals surface area contributed by atoms with Crippen molar-refractivity contribution < 1.29 is 4.74 Å². The highest BCUT2D eigenvalue weighted by Crippen LogP contribution is 2.30. The third kappa shape index (κ3) is 3.96. The van der Waals surface area contributed by atoms with E-state index in [4.69, 9.17) is 14.7 Å². The molecule has 2 N–H and O–H groups in total. The first-order chi connectivity index (χ1) is 16.2. The molecule has 33 heavy (non-hydrogen) atoms. The van der Waals surface area contributed by atoms with Gasteiger partial charge in [-0.05, 0) is 91.4 Å². The molecule has 0 aliphatic carbocycles. The Labute approximate surface area is 191 Å². The van der Waals surface area contributed by atoms with Gasteiger partial charge in [-0.3, -0.25) is 0 Å². The minimum atomic E-state index is 0.651. The van der Waals surface area contributed by atoms with Crippen LogP contribution in [0.1, 0.15) is 35.3 Å². The van der Waals surface area contributed by atoms with E-state index in [-0.39, 0.29) is 0 Å². The van der Waals surface area contributed by atoms with Crippen molar-refractivity contribution in [2.75, 3.05) is 6.61 Å². The maximum Gasteiger partial charge on any atom is 0.119 e. The monoisotopic (exact) mass is 430 g/mol. The Hall–Kier alpha value is -4.38. The first kappa shape index (κ1) is 19.3. The molecular weight excluding hydrogens is 408 g/mol. The number of nitrogens with one attached hydrogen (secondary N) is 2. The highest BCUT2D eigenvalue weighted by atomic mass is 16.5. The lowest BCUT2D eigenvalue weighted by atomic mass is 10.0. The molecule has 2 aliphatic rings. The van der Waals surface area contributed by atoms with Crippen LogP contribution < -0.4 is 4.74 Å². The van der Waals surface area contributed by atoms with E-state index < -0.39 is 0 Å². The Morgan fingerprint density at radius 2 is 1.24 bits per heavy atom. The molecule has 5 nitrogen and oxygen atoms in total. The fourth-order valence-corrected chi connectivity index (χ4v) is 4.14. The van der Waals surface area contributed by atoms with E-state index >= 15 is 0 Å². The minimum Gasteiger partial charge on any atom is -0.494 e. The minimum absolute atomic E-state index is 0.651. The molecule has 0 fully saturated rings. The smallest absolute Gasteiger partial charge is 0.119 e. The summed E-state index contributed by atoms with van der Waals surface area (Å²) in [5.74, 6) is 0.868. The summed E-state index contributed by atoms with van der Waals surface area (Å²) in [5.41, 5.74) is 9.83. The molecule has 5 heterocycles. The van der Waals surface area contributed by atoms with Crippen LogP contribution in [0, 0.1) is 0 Å². The Kier molecular flexibility index (Phi) is 4.65. The summed E-state index contributed by atoms with van der Waals surface area (Å²) in [7, 11) is 0. The number of hydrogen-bond acceptors (Lipinski definition) is 3. The van der Waals surface area contributed by atoms with Crippen molar-refractivity contribution in [3.05, 3.63) is 101 Å². The first-order valence-electron chi connectivity index (χ1n) is 11.0. The summed E-state index contributed by atoms with van der Waals surface area (Å²) in [6.45, 7) is 2.64. The highest BCUT2D eigenvalue weighted by molar-refractivity contribution is 5.93. The second-order valence-corrected chi connectivity index (χ2v) is 8.05. The number of aromatic amines is 2. The molecule has 5 heteroatoms. The van der Waals surface area contributed by atoms with Gasteiger partial charge in [-0.15, -0.1) is 0 Å². The average molecular weight is 431 g/mol. The lowest BCUT2D eigenvalue weighted by Crippen LogP contribution is -1.91. The third-order valence-electron chi connectivity index (χ3n) is 5.64. The molecule has 160 valence electrons. The van der Waals surface area contributed by atoms with Crippen molar-refractivity contribution in [1.29, 1.82) is 0 Å². The van der Waals surface area contributed by atoms with Crippen LogP contribution in [-0.4, -0.2) is 26.5 Å². The Bertz CT molecular complexity index is 1570. The summed E-state index contributed by atoms with van der Waals surface area (Å²) < 4.78 is 5.61. The van der Waals surface area contributed by atoms with Gasteiger partial charge in [0.05, 0.1) is 29.4 Å². The van der Waals surface area contributed by atoms with E-state index in [9.17, 15) is 0 Å². The number of rotatable bonds is 3. The van der Waals surface area contributed by atoms with E-state index in [1.165, 1.54) is 0 Å². The zero-order valence-electron chi connectivity index (χ0n) is 18.2.